The average Bonchev–Trinajstić information content (AvgIpc) is 3.41. The first-order valence-electron chi connectivity index (χ1n) is 10.3. The van der Waals surface area contributed by atoms with Crippen LogP contribution in [0, 0.1) is 0 Å². The maximum Gasteiger partial charge on any atom is 0.233 e. The molecular weight excluding hydrogens is 450 g/mol. The van der Waals surface area contributed by atoms with E-state index in [9.17, 15) is 13.2 Å². The lowest BCUT2D eigenvalue weighted by atomic mass is 10.1. The van der Waals surface area contributed by atoms with Gasteiger partial charge in [-0.05, 0) is 37.3 Å². The molecule has 0 spiro atoms. The van der Waals surface area contributed by atoms with E-state index in [1.54, 1.807) is 16.2 Å². The number of nitrogens with zero attached hydrogens (tertiary/aromatic N) is 3. The third kappa shape index (κ3) is 4.94. The molecule has 1 amide bonds. The maximum absolute atomic E-state index is 13.2. The SMILES string of the molecule is CC[C@H](C)N(C(=O)CSc1nc(-c2cccs2)nc2ccccc12)[C@H]1CCS(=O)(=O)C1. The van der Waals surface area contributed by atoms with Gasteiger partial charge in [0.2, 0.25) is 5.91 Å². The van der Waals surface area contributed by atoms with Crippen LogP contribution in [0.2, 0.25) is 0 Å². The molecule has 0 saturated carbocycles. The topological polar surface area (TPSA) is 80.2 Å². The Kier molecular flexibility index (Phi) is 6.64. The highest BCUT2D eigenvalue weighted by Crippen LogP contribution is 2.31. The third-order valence-electron chi connectivity index (χ3n) is 5.60. The van der Waals surface area contributed by atoms with Crippen molar-refractivity contribution in [3.8, 4) is 10.7 Å². The average molecular weight is 476 g/mol. The minimum Gasteiger partial charge on any atom is -0.335 e. The van der Waals surface area contributed by atoms with E-state index in [0.29, 0.717) is 12.2 Å². The summed E-state index contributed by atoms with van der Waals surface area (Å²) >= 11 is 2.98. The van der Waals surface area contributed by atoms with E-state index in [1.807, 2.05) is 55.6 Å². The Labute approximate surface area is 191 Å². The fourth-order valence-electron chi connectivity index (χ4n) is 3.88. The number of carbonyl (C=O) groups excluding carboxylic acids is 1. The van der Waals surface area contributed by atoms with Gasteiger partial charge < -0.3 is 4.90 Å². The van der Waals surface area contributed by atoms with Crippen LogP contribution in [-0.4, -0.2) is 58.5 Å². The molecule has 2 aromatic heterocycles. The Morgan fingerprint density at radius 2 is 2.06 bits per heavy atom. The monoisotopic (exact) mass is 475 g/mol. The number of hydrogen-bond acceptors (Lipinski definition) is 7. The second-order valence-corrected chi connectivity index (χ2v) is 11.9. The zero-order valence-electron chi connectivity index (χ0n) is 17.5. The minimum absolute atomic E-state index is 0.00442. The van der Waals surface area contributed by atoms with Crippen LogP contribution in [0.1, 0.15) is 26.7 Å². The molecule has 1 aliphatic rings. The summed E-state index contributed by atoms with van der Waals surface area (Å²) in [5.41, 5.74) is 0.844. The van der Waals surface area contributed by atoms with Gasteiger partial charge in [0, 0.05) is 17.5 Å². The van der Waals surface area contributed by atoms with Crippen molar-refractivity contribution in [3.63, 3.8) is 0 Å². The van der Waals surface area contributed by atoms with E-state index >= 15 is 0 Å². The number of sulfone groups is 1. The van der Waals surface area contributed by atoms with Crippen molar-refractivity contribution in [1.82, 2.24) is 14.9 Å². The molecule has 0 unspecified atom stereocenters. The predicted molar refractivity (Wildman–Crippen MR) is 127 cm³/mol. The molecule has 1 aliphatic heterocycles. The van der Waals surface area contributed by atoms with Gasteiger partial charge in [-0.1, -0.05) is 43.0 Å². The second kappa shape index (κ2) is 9.26. The van der Waals surface area contributed by atoms with Crippen LogP contribution in [0.4, 0.5) is 0 Å². The van der Waals surface area contributed by atoms with Crippen LogP contribution in [-0.2, 0) is 14.6 Å². The van der Waals surface area contributed by atoms with Crippen molar-refractivity contribution >= 4 is 49.7 Å². The second-order valence-electron chi connectivity index (χ2n) is 7.75. The highest BCUT2D eigenvalue weighted by molar-refractivity contribution is 8.00. The highest BCUT2D eigenvalue weighted by atomic mass is 32.2. The lowest BCUT2D eigenvalue weighted by Crippen LogP contribution is -2.47. The summed E-state index contributed by atoms with van der Waals surface area (Å²) in [6.07, 6.45) is 1.30. The van der Waals surface area contributed by atoms with E-state index < -0.39 is 9.84 Å². The standard InChI is InChI=1S/C22H25N3O3S3/c1-3-15(2)25(16-10-12-31(27,28)14-16)20(26)13-30-22-17-7-4-5-8-18(17)23-21(24-22)19-9-6-11-29-19/h4-9,11,15-16H,3,10,12-14H2,1-2H3/t15-,16-/m0/s1. The molecule has 0 radical (unpaired) electrons. The number of fused-ring (bicyclic) bond motifs is 1. The maximum atomic E-state index is 13.2. The zero-order chi connectivity index (χ0) is 22.0. The molecular formula is C22H25N3O3S3. The van der Waals surface area contributed by atoms with Crippen molar-refractivity contribution in [3.05, 3.63) is 41.8 Å². The normalized spacial score (nSPS) is 18.8. The smallest absolute Gasteiger partial charge is 0.233 e. The lowest BCUT2D eigenvalue weighted by molar-refractivity contribution is -0.132. The Morgan fingerprint density at radius 1 is 1.26 bits per heavy atom. The van der Waals surface area contributed by atoms with Crippen molar-refractivity contribution < 1.29 is 13.2 Å². The molecule has 2 atom stereocenters. The molecule has 31 heavy (non-hydrogen) atoms. The van der Waals surface area contributed by atoms with E-state index in [-0.39, 0.29) is 35.2 Å². The van der Waals surface area contributed by atoms with Crippen LogP contribution in [0.25, 0.3) is 21.6 Å². The fourth-order valence-corrected chi connectivity index (χ4v) is 7.14. The van der Waals surface area contributed by atoms with Gasteiger partial charge in [-0.3, -0.25) is 4.79 Å². The highest BCUT2D eigenvalue weighted by Gasteiger charge is 2.36. The number of carbonyl (C=O) groups is 1. The number of para-hydroxylation sites is 1. The Morgan fingerprint density at radius 3 is 2.74 bits per heavy atom. The quantitative estimate of drug-likeness (QED) is 0.375. The number of amides is 1. The van der Waals surface area contributed by atoms with Gasteiger partial charge in [0.1, 0.15) is 5.03 Å². The summed E-state index contributed by atoms with van der Waals surface area (Å²) in [5.74, 6) is 1.05. The molecule has 164 valence electrons. The van der Waals surface area contributed by atoms with Crippen LogP contribution in [0.15, 0.2) is 46.8 Å². The molecule has 3 aromatic rings. The van der Waals surface area contributed by atoms with Crippen LogP contribution in [0.3, 0.4) is 0 Å². The minimum atomic E-state index is -3.06. The van der Waals surface area contributed by atoms with Crippen molar-refractivity contribution in [2.75, 3.05) is 17.3 Å². The molecule has 6 nitrogen and oxygen atoms in total. The summed E-state index contributed by atoms with van der Waals surface area (Å²) < 4.78 is 24.0. The first-order chi connectivity index (χ1) is 14.9. The predicted octanol–water partition coefficient (Wildman–Crippen LogP) is 4.26. The van der Waals surface area contributed by atoms with Crippen LogP contribution in [0.5, 0.6) is 0 Å². The van der Waals surface area contributed by atoms with E-state index in [1.165, 1.54) is 11.8 Å². The largest absolute Gasteiger partial charge is 0.335 e. The first kappa shape index (κ1) is 22.2. The van der Waals surface area contributed by atoms with Crippen LogP contribution >= 0.6 is 23.1 Å². The zero-order valence-corrected chi connectivity index (χ0v) is 20.0. The van der Waals surface area contributed by atoms with Crippen molar-refractivity contribution in [2.24, 2.45) is 0 Å². The molecule has 0 aliphatic carbocycles. The number of benzene rings is 1. The number of aromatic nitrogens is 2. The molecule has 1 aromatic carbocycles. The Bertz CT molecular complexity index is 1180. The van der Waals surface area contributed by atoms with Crippen molar-refractivity contribution in [2.45, 2.75) is 43.8 Å². The summed E-state index contributed by atoms with van der Waals surface area (Å²) in [4.78, 5) is 25.4. The molecule has 1 fully saturated rings. The van der Waals surface area contributed by atoms with Gasteiger partial charge in [0.15, 0.2) is 15.7 Å². The number of rotatable bonds is 7. The van der Waals surface area contributed by atoms with Gasteiger partial charge in [-0.15, -0.1) is 11.3 Å². The number of thiophene rings is 1. The first-order valence-corrected chi connectivity index (χ1v) is 14.0. The van der Waals surface area contributed by atoms with E-state index in [0.717, 1.165) is 27.2 Å². The van der Waals surface area contributed by atoms with Gasteiger partial charge in [0.05, 0.1) is 27.7 Å². The molecule has 0 N–H and O–H groups in total. The van der Waals surface area contributed by atoms with Crippen LogP contribution < -0.4 is 0 Å². The summed E-state index contributed by atoms with van der Waals surface area (Å²) in [6, 6.07) is 11.5. The summed E-state index contributed by atoms with van der Waals surface area (Å²) in [7, 11) is -3.06. The van der Waals surface area contributed by atoms with Gasteiger partial charge in [0.25, 0.3) is 0 Å². The van der Waals surface area contributed by atoms with Gasteiger partial charge in [-0.2, -0.15) is 0 Å². The number of thioether (sulfide) groups is 1. The van der Waals surface area contributed by atoms with Gasteiger partial charge >= 0.3 is 0 Å². The fraction of sp³-hybridized carbons (Fsp3) is 0.409. The number of hydrogen-bond donors (Lipinski definition) is 0. The van der Waals surface area contributed by atoms with E-state index in [2.05, 4.69) is 4.98 Å². The Hall–Kier alpha value is -1.97. The molecule has 4 rings (SSSR count). The summed E-state index contributed by atoms with van der Waals surface area (Å²) in [6.45, 7) is 4.01. The molecule has 3 heterocycles. The molecule has 0 bridgehead atoms. The summed E-state index contributed by atoms with van der Waals surface area (Å²) in [5, 5.41) is 3.67. The van der Waals surface area contributed by atoms with E-state index in [4.69, 9.17) is 4.98 Å². The third-order valence-corrected chi connectivity index (χ3v) is 9.19. The van der Waals surface area contributed by atoms with Crippen molar-refractivity contribution in [1.29, 1.82) is 0 Å². The Balaban J connectivity index is 1.59. The molecule has 1 saturated heterocycles. The molecule has 9 heteroatoms. The lowest BCUT2D eigenvalue weighted by Gasteiger charge is -2.33. The van der Waals surface area contributed by atoms with Gasteiger partial charge in [-0.25, -0.2) is 18.4 Å².